The Morgan fingerprint density at radius 2 is 1.75 bits per heavy atom. The molecule has 0 aromatic heterocycles. The molecule has 4 heteroatoms. The van der Waals surface area contributed by atoms with Crippen LogP contribution in [0.5, 0.6) is 0 Å². The zero-order valence-electron chi connectivity index (χ0n) is 12.3. The monoisotopic (exact) mass is 274 g/mol. The number of anilines is 1. The van der Waals surface area contributed by atoms with Crippen molar-refractivity contribution in [2.24, 2.45) is 5.41 Å². The summed E-state index contributed by atoms with van der Waals surface area (Å²) in [4.78, 5) is 24.3. The predicted molar refractivity (Wildman–Crippen MR) is 79.4 cm³/mol. The lowest BCUT2D eigenvalue weighted by molar-refractivity contribution is -0.138. The molecule has 0 saturated heterocycles. The summed E-state index contributed by atoms with van der Waals surface area (Å²) in [6.45, 7) is 5.39. The van der Waals surface area contributed by atoms with Crippen molar-refractivity contribution in [2.75, 3.05) is 5.32 Å². The minimum atomic E-state index is -1.06. The molecule has 1 aromatic rings. The van der Waals surface area contributed by atoms with Gasteiger partial charge >= 0.3 is 0 Å². The van der Waals surface area contributed by atoms with Gasteiger partial charge in [-0.15, -0.1) is 0 Å². The maximum atomic E-state index is 12.3. The van der Waals surface area contributed by atoms with Crippen LogP contribution in [0.3, 0.4) is 0 Å². The van der Waals surface area contributed by atoms with E-state index in [0.29, 0.717) is 0 Å². The second kappa shape index (κ2) is 5.65. The summed E-state index contributed by atoms with van der Waals surface area (Å²) in [7, 11) is 0. The number of carbonyl (C=O) groups excluding carboxylic acids is 2. The van der Waals surface area contributed by atoms with Gasteiger partial charge in [-0.25, -0.2) is 0 Å². The molecule has 1 aliphatic rings. The number of benzene rings is 1. The summed E-state index contributed by atoms with van der Waals surface area (Å²) in [5.74, 6) is -0.484. The fourth-order valence-electron chi connectivity index (χ4n) is 1.81. The molecule has 1 saturated carbocycles. The summed E-state index contributed by atoms with van der Waals surface area (Å²) in [5.41, 5.74) is 0.875. The van der Waals surface area contributed by atoms with Crippen molar-refractivity contribution in [1.29, 1.82) is 0 Å². The first-order valence-corrected chi connectivity index (χ1v) is 7.15. The molecular weight excluding hydrogens is 252 g/mol. The normalized spacial score (nSPS) is 14.8. The van der Waals surface area contributed by atoms with Gasteiger partial charge < -0.3 is 10.6 Å². The van der Waals surface area contributed by atoms with Crippen molar-refractivity contribution in [2.45, 2.75) is 46.1 Å². The van der Waals surface area contributed by atoms with Crippen molar-refractivity contribution >= 4 is 17.5 Å². The van der Waals surface area contributed by atoms with Crippen LogP contribution in [-0.4, -0.2) is 17.9 Å². The molecule has 20 heavy (non-hydrogen) atoms. The number of amides is 2. The third-order valence-corrected chi connectivity index (χ3v) is 3.67. The summed E-state index contributed by atoms with van der Waals surface area (Å²) in [5, 5.41) is 5.69. The van der Waals surface area contributed by atoms with E-state index in [1.807, 2.05) is 24.3 Å². The molecular formula is C16H22N2O2. The standard InChI is InChI=1S/C16H22N2O2/c1-4-11-5-7-12(8-6-11)17-14(19)16(2,3)15(20)18-13-9-10-13/h5-8,13H,4,9-10H2,1-3H3,(H,17,19)(H,18,20). The molecule has 0 atom stereocenters. The molecule has 0 aliphatic heterocycles. The van der Waals surface area contributed by atoms with Gasteiger partial charge in [-0.3, -0.25) is 9.59 Å². The average molecular weight is 274 g/mol. The van der Waals surface area contributed by atoms with Crippen LogP contribution in [-0.2, 0) is 16.0 Å². The lowest BCUT2D eigenvalue weighted by atomic mass is 9.91. The molecule has 0 bridgehead atoms. The largest absolute Gasteiger partial charge is 0.352 e. The smallest absolute Gasteiger partial charge is 0.239 e. The molecule has 1 aromatic carbocycles. The number of nitrogens with one attached hydrogen (secondary N) is 2. The Balaban J connectivity index is 1.99. The van der Waals surface area contributed by atoms with Gasteiger partial charge in [-0.1, -0.05) is 19.1 Å². The Labute approximate surface area is 119 Å². The van der Waals surface area contributed by atoms with E-state index in [2.05, 4.69) is 17.6 Å². The van der Waals surface area contributed by atoms with Crippen LogP contribution in [0.4, 0.5) is 5.69 Å². The molecule has 0 heterocycles. The Hall–Kier alpha value is -1.84. The summed E-state index contributed by atoms with van der Waals surface area (Å²) in [6, 6.07) is 7.95. The molecule has 108 valence electrons. The first-order chi connectivity index (χ1) is 9.43. The number of carbonyl (C=O) groups is 2. The van der Waals surface area contributed by atoms with Gasteiger partial charge in [0.1, 0.15) is 5.41 Å². The van der Waals surface area contributed by atoms with E-state index in [9.17, 15) is 9.59 Å². The number of hydrogen-bond acceptors (Lipinski definition) is 2. The topological polar surface area (TPSA) is 58.2 Å². The molecule has 0 spiro atoms. The molecule has 2 rings (SSSR count). The highest BCUT2D eigenvalue weighted by Gasteiger charge is 2.38. The van der Waals surface area contributed by atoms with Gasteiger partial charge in [0.25, 0.3) is 0 Å². The van der Waals surface area contributed by atoms with E-state index in [-0.39, 0.29) is 17.9 Å². The van der Waals surface area contributed by atoms with Gasteiger partial charge in [0.15, 0.2) is 0 Å². The second-order valence-corrected chi connectivity index (χ2v) is 5.88. The Morgan fingerprint density at radius 1 is 1.15 bits per heavy atom. The fraction of sp³-hybridized carbons (Fsp3) is 0.500. The Morgan fingerprint density at radius 3 is 2.25 bits per heavy atom. The predicted octanol–water partition coefficient (Wildman–Crippen LogP) is 2.49. The van der Waals surface area contributed by atoms with Crippen LogP contribution in [0.2, 0.25) is 0 Å². The van der Waals surface area contributed by atoms with E-state index in [1.54, 1.807) is 13.8 Å². The molecule has 2 amide bonds. The lowest BCUT2D eigenvalue weighted by Crippen LogP contribution is -2.45. The summed E-state index contributed by atoms with van der Waals surface area (Å²) in [6.07, 6.45) is 2.99. The van der Waals surface area contributed by atoms with Crippen LogP contribution in [0, 0.1) is 5.41 Å². The van der Waals surface area contributed by atoms with E-state index in [4.69, 9.17) is 0 Å². The van der Waals surface area contributed by atoms with Gasteiger partial charge in [0.2, 0.25) is 11.8 Å². The highest BCUT2D eigenvalue weighted by Crippen LogP contribution is 2.24. The Bertz CT molecular complexity index is 502. The summed E-state index contributed by atoms with van der Waals surface area (Å²) < 4.78 is 0. The van der Waals surface area contributed by atoms with Crippen molar-refractivity contribution < 1.29 is 9.59 Å². The number of aryl methyl sites for hydroxylation is 1. The summed E-state index contributed by atoms with van der Waals surface area (Å²) >= 11 is 0. The van der Waals surface area contributed by atoms with Crippen molar-refractivity contribution in [3.8, 4) is 0 Å². The highest BCUT2D eigenvalue weighted by molar-refractivity contribution is 6.09. The van der Waals surface area contributed by atoms with Gasteiger partial charge in [0, 0.05) is 11.7 Å². The molecule has 4 nitrogen and oxygen atoms in total. The van der Waals surface area contributed by atoms with Crippen molar-refractivity contribution in [3.05, 3.63) is 29.8 Å². The maximum absolute atomic E-state index is 12.3. The minimum Gasteiger partial charge on any atom is -0.352 e. The number of hydrogen-bond donors (Lipinski definition) is 2. The third kappa shape index (κ3) is 3.38. The van der Waals surface area contributed by atoms with E-state index in [0.717, 1.165) is 24.9 Å². The Kier molecular flexibility index (Phi) is 4.12. The molecule has 1 fully saturated rings. The van der Waals surface area contributed by atoms with Crippen LogP contribution < -0.4 is 10.6 Å². The van der Waals surface area contributed by atoms with Crippen LogP contribution >= 0.6 is 0 Å². The van der Waals surface area contributed by atoms with E-state index in [1.165, 1.54) is 5.56 Å². The van der Waals surface area contributed by atoms with Gasteiger partial charge in [-0.05, 0) is 50.8 Å². The minimum absolute atomic E-state index is 0.206. The zero-order chi connectivity index (χ0) is 14.8. The first kappa shape index (κ1) is 14.6. The third-order valence-electron chi connectivity index (χ3n) is 3.67. The molecule has 1 aliphatic carbocycles. The maximum Gasteiger partial charge on any atom is 0.239 e. The van der Waals surface area contributed by atoms with Gasteiger partial charge in [-0.2, -0.15) is 0 Å². The molecule has 2 N–H and O–H groups in total. The van der Waals surface area contributed by atoms with Crippen LogP contribution in [0.15, 0.2) is 24.3 Å². The second-order valence-electron chi connectivity index (χ2n) is 5.88. The van der Waals surface area contributed by atoms with Gasteiger partial charge in [0.05, 0.1) is 0 Å². The zero-order valence-corrected chi connectivity index (χ0v) is 12.3. The SMILES string of the molecule is CCc1ccc(NC(=O)C(C)(C)C(=O)NC2CC2)cc1. The van der Waals surface area contributed by atoms with Crippen LogP contribution in [0.25, 0.3) is 0 Å². The fourth-order valence-corrected chi connectivity index (χ4v) is 1.81. The van der Waals surface area contributed by atoms with Crippen LogP contribution in [0.1, 0.15) is 39.2 Å². The first-order valence-electron chi connectivity index (χ1n) is 7.15. The van der Waals surface area contributed by atoms with E-state index < -0.39 is 5.41 Å². The number of rotatable bonds is 5. The highest BCUT2D eigenvalue weighted by atomic mass is 16.2. The quantitative estimate of drug-likeness (QED) is 0.810. The van der Waals surface area contributed by atoms with Crippen molar-refractivity contribution in [1.82, 2.24) is 5.32 Å². The van der Waals surface area contributed by atoms with E-state index >= 15 is 0 Å². The van der Waals surface area contributed by atoms with Crippen molar-refractivity contribution in [3.63, 3.8) is 0 Å². The molecule has 0 unspecified atom stereocenters. The lowest BCUT2D eigenvalue weighted by Gasteiger charge is -2.22. The average Bonchev–Trinajstić information content (AvgIpc) is 3.23. The molecule has 0 radical (unpaired) electrons.